The standard InChI is InChI=1S/C25H29BrN4O4/c26-19-3-5-21-18(15-19)16-24(34-21)30(25(27)31)8-2-1-7-28-9-11-29(12-10-28)20-4-6-22-23(17-20)33-14-13-32-22/h3-6,15-17H,1-2,7-14H2,(H2,27,31). The van der Waals surface area contributed by atoms with Crippen molar-refractivity contribution < 1.29 is 18.7 Å². The molecule has 3 aromatic rings. The molecule has 0 bridgehead atoms. The zero-order valence-corrected chi connectivity index (χ0v) is 20.6. The highest BCUT2D eigenvalue weighted by Crippen LogP contribution is 2.34. The van der Waals surface area contributed by atoms with E-state index in [-0.39, 0.29) is 0 Å². The van der Waals surface area contributed by atoms with Gasteiger partial charge in [-0.1, -0.05) is 15.9 Å². The lowest BCUT2D eigenvalue weighted by molar-refractivity contribution is 0.171. The molecular formula is C25H29BrN4O4. The van der Waals surface area contributed by atoms with Crippen molar-refractivity contribution in [2.24, 2.45) is 5.73 Å². The minimum absolute atomic E-state index is 0.494. The van der Waals surface area contributed by atoms with Gasteiger partial charge in [-0.05, 0) is 49.7 Å². The van der Waals surface area contributed by atoms with Gasteiger partial charge in [0.25, 0.3) is 0 Å². The second kappa shape index (κ2) is 10.1. The molecule has 8 nitrogen and oxygen atoms in total. The fraction of sp³-hybridized carbons (Fsp3) is 0.400. The van der Waals surface area contributed by atoms with E-state index in [0.29, 0.717) is 25.6 Å². The fourth-order valence-corrected chi connectivity index (χ4v) is 4.90. The number of piperazine rings is 1. The maximum Gasteiger partial charge on any atom is 0.321 e. The van der Waals surface area contributed by atoms with Crippen LogP contribution in [0, 0.1) is 0 Å². The Morgan fingerprint density at radius 3 is 2.56 bits per heavy atom. The highest BCUT2D eigenvalue weighted by Gasteiger charge is 2.21. The molecule has 2 aliphatic rings. The second-order valence-corrected chi connectivity index (χ2v) is 9.54. The van der Waals surface area contributed by atoms with Crippen molar-refractivity contribution in [3.8, 4) is 11.5 Å². The van der Waals surface area contributed by atoms with Crippen molar-refractivity contribution in [3.63, 3.8) is 0 Å². The summed E-state index contributed by atoms with van der Waals surface area (Å²) in [6.07, 6.45) is 1.84. The summed E-state index contributed by atoms with van der Waals surface area (Å²) < 4.78 is 18.2. The lowest BCUT2D eigenvalue weighted by Gasteiger charge is -2.36. The van der Waals surface area contributed by atoms with Crippen molar-refractivity contribution in [1.82, 2.24) is 4.90 Å². The molecule has 1 saturated heterocycles. The zero-order chi connectivity index (χ0) is 23.5. The van der Waals surface area contributed by atoms with Gasteiger partial charge in [0.05, 0.1) is 0 Å². The number of halogens is 1. The fourth-order valence-electron chi connectivity index (χ4n) is 4.53. The van der Waals surface area contributed by atoms with E-state index in [1.54, 1.807) is 0 Å². The minimum Gasteiger partial charge on any atom is -0.486 e. The normalized spacial score (nSPS) is 16.1. The van der Waals surface area contributed by atoms with E-state index in [1.165, 1.54) is 10.6 Å². The Morgan fingerprint density at radius 2 is 1.76 bits per heavy atom. The van der Waals surface area contributed by atoms with E-state index < -0.39 is 6.03 Å². The third-order valence-electron chi connectivity index (χ3n) is 6.37. The van der Waals surface area contributed by atoms with Crippen LogP contribution in [-0.4, -0.2) is 63.4 Å². The molecule has 5 rings (SSSR count). The van der Waals surface area contributed by atoms with Gasteiger partial charge in [-0.3, -0.25) is 9.80 Å². The number of anilines is 2. The molecule has 0 aliphatic carbocycles. The number of furan rings is 1. The van der Waals surface area contributed by atoms with Gasteiger partial charge in [0, 0.05) is 60.4 Å². The van der Waals surface area contributed by atoms with Crippen molar-refractivity contribution in [2.75, 3.05) is 62.3 Å². The van der Waals surface area contributed by atoms with Crippen LogP contribution in [0.4, 0.5) is 16.4 Å². The van der Waals surface area contributed by atoms with Gasteiger partial charge in [0.15, 0.2) is 11.5 Å². The molecule has 1 aromatic heterocycles. The van der Waals surface area contributed by atoms with Crippen molar-refractivity contribution >= 4 is 44.5 Å². The Hall–Kier alpha value is -2.91. The van der Waals surface area contributed by atoms with Crippen LogP contribution >= 0.6 is 15.9 Å². The number of carbonyl (C=O) groups is 1. The number of carbonyl (C=O) groups excluding carboxylic acids is 1. The number of hydrogen-bond donors (Lipinski definition) is 1. The molecule has 1 fully saturated rings. The largest absolute Gasteiger partial charge is 0.486 e. The average molecular weight is 529 g/mol. The summed E-state index contributed by atoms with van der Waals surface area (Å²) in [5.41, 5.74) is 7.56. The first-order valence-electron chi connectivity index (χ1n) is 11.7. The summed E-state index contributed by atoms with van der Waals surface area (Å²) in [6, 6.07) is 13.3. The van der Waals surface area contributed by atoms with E-state index in [2.05, 4.69) is 37.9 Å². The molecule has 34 heavy (non-hydrogen) atoms. The summed E-state index contributed by atoms with van der Waals surface area (Å²) in [6.45, 7) is 6.70. The molecule has 180 valence electrons. The topological polar surface area (TPSA) is 84.4 Å². The number of amides is 2. The maximum absolute atomic E-state index is 12.0. The average Bonchev–Trinajstić information content (AvgIpc) is 3.26. The number of nitrogens with two attached hydrogens (primary N) is 1. The smallest absolute Gasteiger partial charge is 0.321 e. The Morgan fingerprint density at radius 1 is 0.971 bits per heavy atom. The van der Waals surface area contributed by atoms with E-state index in [0.717, 1.165) is 72.5 Å². The van der Waals surface area contributed by atoms with Crippen LogP contribution in [0.25, 0.3) is 11.0 Å². The Labute approximate surface area is 207 Å². The highest BCUT2D eigenvalue weighted by molar-refractivity contribution is 9.10. The molecule has 9 heteroatoms. The Bertz CT molecular complexity index is 1160. The molecule has 0 atom stereocenters. The van der Waals surface area contributed by atoms with Crippen LogP contribution in [0.5, 0.6) is 11.5 Å². The molecule has 0 spiro atoms. The summed E-state index contributed by atoms with van der Waals surface area (Å²) in [4.78, 5) is 18.4. The number of ether oxygens (including phenoxy) is 2. The van der Waals surface area contributed by atoms with Crippen LogP contribution in [0.1, 0.15) is 12.8 Å². The molecule has 0 saturated carbocycles. The van der Waals surface area contributed by atoms with Gasteiger partial charge in [-0.15, -0.1) is 0 Å². The van der Waals surface area contributed by atoms with Gasteiger partial charge in [-0.2, -0.15) is 0 Å². The summed E-state index contributed by atoms with van der Waals surface area (Å²) in [5.74, 6) is 2.16. The predicted molar refractivity (Wildman–Crippen MR) is 136 cm³/mol. The Balaban J connectivity index is 1.09. The number of primary amides is 1. The first-order chi connectivity index (χ1) is 16.6. The van der Waals surface area contributed by atoms with E-state index in [1.807, 2.05) is 30.3 Å². The molecule has 0 unspecified atom stereocenters. The van der Waals surface area contributed by atoms with E-state index in [9.17, 15) is 4.79 Å². The number of fused-ring (bicyclic) bond motifs is 2. The van der Waals surface area contributed by atoms with Crippen LogP contribution in [0.15, 0.2) is 51.4 Å². The third kappa shape index (κ3) is 5.10. The summed E-state index contributed by atoms with van der Waals surface area (Å²) in [7, 11) is 0. The maximum atomic E-state index is 12.0. The third-order valence-corrected chi connectivity index (χ3v) is 6.86. The second-order valence-electron chi connectivity index (χ2n) is 8.62. The van der Waals surface area contributed by atoms with Crippen molar-refractivity contribution in [2.45, 2.75) is 12.8 Å². The molecule has 2 aromatic carbocycles. The molecule has 2 amide bonds. The number of nitrogens with zero attached hydrogens (tertiary/aromatic N) is 3. The minimum atomic E-state index is -0.494. The highest BCUT2D eigenvalue weighted by atomic mass is 79.9. The van der Waals surface area contributed by atoms with Crippen LogP contribution in [0.2, 0.25) is 0 Å². The first kappa shape index (κ1) is 22.9. The van der Waals surface area contributed by atoms with E-state index in [4.69, 9.17) is 19.6 Å². The molecule has 0 radical (unpaired) electrons. The monoisotopic (exact) mass is 528 g/mol. The molecule has 3 heterocycles. The number of benzene rings is 2. The van der Waals surface area contributed by atoms with Crippen molar-refractivity contribution in [3.05, 3.63) is 46.9 Å². The number of urea groups is 1. The van der Waals surface area contributed by atoms with E-state index >= 15 is 0 Å². The lowest BCUT2D eigenvalue weighted by atomic mass is 10.2. The van der Waals surface area contributed by atoms with Crippen LogP contribution < -0.4 is 25.0 Å². The SMILES string of the molecule is NC(=O)N(CCCCN1CCN(c2ccc3c(c2)OCCO3)CC1)c1cc2cc(Br)ccc2o1. The molecule has 2 N–H and O–H groups in total. The van der Waals surface area contributed by atoms with Crippen LogP contribution in [0.3, 0.4) is 0 Å². The van der Waals surface area contributed by atoms with Gasteiger partial charge in [0.2, 0.25) is 5.88 Å². The molecule has 2 aliphatic heterocycles. The zero-order valence-electron chi connectivity index (χ0n) is 19.0. The van der Waals surface area contributed by atoms with Crippen LogP contribution in [-0.2, 0) is 0 Å². The number of rotatable bonds is 7. The summed E-state index contributed by atoms with van der Waals surface area (Å²) in [5, 5.41) is 0.937. The van der Waals surface area contributed by atoms with Crippen molar-refractivity contribution in [1.29, 1.82) is 0 Å². The lowest BCUT2D eigenvalue weighted by Crippen LogP contribution is -2.46. The van der Waals surface area contributed by atoms with Gasteiger partial charge in [-0.25, -0.2) is 4.79 Å². The summed E-state index contributed by atoms with van der Waals surface area (Å²) >= 11 is 3.46. The van der Waals surface area contributed by atoms with Gasteiger partial charge < -0.3 is 24.5 Å². The van der Waals surface area contributed by atoms with Gasteiger partial charge in [0.1, 0.15) is 18.8 Å². The Kier molecular flexibility index (Phi) is 6.82. The number of hydrogen-bond acceptors (Lipinski definition) is 6. The predicted octanol–water partition coefficient (Wildman–Crippen LogP) is 4.45. The quantitative estimate of drug-likeness (QED) is 0.456. The molecular weight excluding hydrogens is 500 g/mol. The first-order valence-corrected chi connectivity index (χ1v) is 12.5. The van der Waals surface area contributed by atoms with Gasteiger partial charge >= 0.3 is 6.03 Å². The number of unbranched alkanes of at least 4 members (excludes halogenated alkanes) is 1.